The summed E-state index contributed by atoms with van der Waals surface area (Å²) in [5.41, 5.74) is 1.40. The molecule has 0 spiro atoms. The molecule has 1 aromatic carbocycles. The van der Waals surface area contributed by atoms with Crippen LogP contribution >= 0.6 is 0 Å². The van der Waals surface area contributed by atoms with Gasteiger partial charge >= 0.3 is 5.97 Å². The number of carbonyl (C=O) groups is 2. The summed E-state index contributed by atoms with van der Waals surface area (Å²) in [6.45, 7) is 3.30. The number of oxazole rings is 1. The number of rotatable bonds is 7. The number of aryl methyl sites for hydroxylation is 1. The number of methoxy groups -OCH3 is 3. The molecule has 1 fully saturated rings. The number of ether oxygens (including phenoxy) is 3. The van der Waals surface area contributed by atoms with Gasteiger partial charge in [0.25, 0.3) is 0 Å². The highest BCUT2D eigenvalue weighted by Gasteiger charge is 2.33. The molecule has 2 aromatic rings. The highest BCUT2D eigenvalue weighted by molar-refractivity contribution is 5.87. The summed E-state index contributed by atoms with van der Waals surface area (Å²) in [4.78, 5) is 30.5. The summed E-state index contributed by atoms with van der Waals surface area (Å²) in [5.74, 6) is 1.68. The highest BCUT2D eigenvalue weighted by Crippen LogP contribution is 2.34. The lowest BCUT2D eigenvalue weighted by Crippen LogP contribution is -2.55. The first-order chi connectivity index (χ1) is 14.0. The number of hydrogen-bond acceptors (Lipinski definition) is 8. The molecule has 1 aliphatic heterocycles. The van der Waals surface area contributed by atoms with Gasteiger partial charge in [0.2, 0.25) is 11.8 Å². The normalized spacial score (nSPS) is 17.0. The van der Waals surface area contributed by atoms with Crippen LogP contribution in [0.15, 0.2) is 22.6 Å². The minimum atomic E-state index is -0.605. The number of hydrogen-bond donors (Lipinski definition) is 1. The van der Waals surface area contributed by atoms with E-state index in [4.69, 9.17) is 18.6 Å². The number of aromatic nitrogens is 1. The molecular weight excluding hydrogens is 378 g/mol. The Labute approximate surface area is 168 Å². The average molecular weight is 403 g/mol. The summed E-state index contributed by atoms with van der Waals surface area (Å²) in [5, 5.41) is 2.79. The second kappa shape index (κ2) is 8.95. The zero-order valence-corrected chi connectivity index (χ0v) is 17.0. The second-order valence-corrected chi connectivity index (χ2v) is 6.65. The summed E-state index contributed by atoms with van der Waals surface area (Å²) in [7, 11) is 4.46. The van der Waals surface area contributed by atoms with Gasteiger partial charge in [-0.1, -0.05) is 0 Å². The first kappa shape index (κ1) is 20.7. The van der Waals surface area contributed by atoms with Gasteiger partial charge in [0.1, 0.15) is 23.3 Å². The molecule has 0 aliphatic carbocycles. The van der Waals surface area contributed by atoms with Gasteiger partial charge in [-0.2, -0.15) is 0 Å². The Hall–Kier alpha value is -3.07. The molecule has 29 heavy (non-hydrogen) atoms. The van der Waals surface area contributed by atoms with Crippen molar-refractivity contribution in [2.75, 3.05) is 34.4 Å². The molecule has 3 rings (SSSR count). The first-order valence-corrected chi connectivity index (χ1v) is 9.24. The molecule has 9 heteroatoms. The summed E-state index contributed by atoms with van der Waals surface area (Å²) in [6, 6.07) is 4.78. The van der Waals surface area contributed by atoms with Gasteiger partial charge in [-0.05, 0) is 19.1 Å². The molecule has 0 radical (unpaired) electrons. The Kier molecular flexibility index (Phi) is 6.38. The summed E-state index contributed by atoms with van der Waals surface area (Å²) < 4.78 is 21.3. The third kappa shape index (κ3) is 4.51. The van der Waals surface area contributed by atoms with Crippen LogP contribution in [0.5, 0.6) is 11.5 Å². The van der Waals surface area contributed by atoms with Crippen LogP contribution in [-0.4, -0.2) is 62.2 Å². The van der Waals surface area contributed by atoms with Gasteiger partial charge in [-0.15, -0.1) is 0 Å². The molecule has 1 N–H and O–H groups in total. The molecule has 0 unspecified atom stereocenters. The van der Waals surface area contributed by atoms with E-state index in [-0.39, 0.29) is 12.3 Å². The maximum atomic E-state index is 12.3. The van der Waals surface area contributed by atoms with Crippen LogP contribution < -0.4 is 14.8 Å². The largest absolute Gasteiger partial charge is 0.497 e. The van der Waals surface area contributed by atoms with Crippen molar-refractivity contribution in [2.45, 2.75) is 25.9 Å². The third-order valence-electron chi connectivity index (χ3n) is 4.91. The number of esters is 1. The van der Waals surface area contributed by atoms with Crippen LogP contribution in [0.3, 0.4) is 0 Å². The lowest BCUT2D eigenvalue weighted by Gasteiger charge is -2.33. The Balaban J connectivity index is 1.85. The van der Waals surface area contributed by atoms with Crippen molar-refractivity contribution in [2.24, 2.45) is 0 Å². The van der Waals surface area contributed by atoms with Crippen LogP contribution in [0, 0.1) is 6.92 Å². The van der Waals surface area contributed by atoms with E-state index >= 15 is 0 Å². The van der Waals surface area contributed by atoms with E-state index in [1.165, 1.54) is 7.11 Å². The highest BCUT2D eigenvalue weighted by atomic mass is 16.5. The molecule has 1 amide bonds. The molecule has 156 valence electrons. The topological polar surface area (TPSA) is 103 Å². The molecule has 1 aromatic heterocycles. The van der Waals surface area contributed by atoms with Crippen LogP contribution in [0.1, 0.15) is 17.9 Å². The van der Waals surface area contributed by atoms with E-state index in [2.05, 4.69) is 10.3 Å². The molecule has 1 atom stereocenters. The minimum absolute atomic E-state index is 0.0155. The number of amides is 1. The van der Waals surface area contributed by atoms with Gasteiger partial charge in [-0.25, -0.2) is 4.98 Å². The molecule has 2 heterocycles. The second-order valence-electron chi connectivity index (χ2n) is 6.65. The van der Waals surface area contributed by atoms with Crippen LogP contribution in [-0.2, 0) is 20.9 Å². The van der Waals surface area contributed by atoms with Gasteiger partial charge in [0.05, 0.1) is 39.0 Å². The summed E-state index contributed by atoms with van der Waals surface area (Å²) in [6.07, 6.45) is -0.0155. The number of nitrogens with one attached hydrogen (secondary N) is 1. The van der Waals surface area contributed by atoms with Gasteiger partial charge in [0, 0.05) is 25.7 Å². The van der Waals surface area contributed by atoms with Crippen LogP contribution in [0.2, 0.25) is 0 Å². The van der Waals surface area contributed by atoms with Crippen molar-refractivity contribution in [3.05, 3.63) is 29.7 Å². The fraction of sp³-hybridized carbons (Fsp3) is 0.450. The zero-order valence-electron chi connectivity index (χ0n) is 17.0. The molecule has 0 saturated carbocycles. The lowest BCUT2D eigenvalue weighted by molar-refractivity contribution is -0.146. The first-order valence-electron chi connectivity index (χ1n) is 9.24. The van der Waals surface area contributed by atoms with E-state index in [9.17, 15) is 9.59 Å². The average Bonchev–Trinajstić information content (AvgIpc) is 3.09. The Bertz CT molecular complexity index is 894. The van der Waals surface area contributed by atoms with Crippen molar-refractivity contribution < 1.29 is 28.2 Å². The lowest BCUT2D eigenvalue weighted by atomic mass is 10.1. The SMILES string of the molecule is COC(=O)C[C@H]1C(=O)NCCN1Cc1nc(-c2ccc(OC)cc2OC)oc1C. The maximum Gasteiger partial charge on any atom is 0.307 e. The fourth-order valence-electron chi connectivity index (χ4n) is 3.27. The van der Waals surface area contributed by atoms with Gasteiger partial charge in [0.15, 0.2) is 0 Å². The monoisotopic (exact) mass is 403 g/mol. The van der Waals surface area contributed by atoms with Crippen molar-refractivity contribution in [3.8, 4) is 23.0 Å². The summed E-state index contributed by atoms with van der Waals surface area (Å²) >= 11 is 0. The smallest absolute Gasteiger partial charge is 0.307 e. The molecule has 1 aliphatic rings. The van der Waals surface area contributed by atoms with Crippen LogP contribution in [0.4, 0.5) is 0 Å². The molecular formula is C20H25N3O6. The third-order valence-corrected chi connectivity index (χ3v) is 4.91. The number of nitrogens with zero attached hydrogens (tertiary/aromatic N) is 2. The van der Waals surface area contributed by atoms with Gasteiger partial charge < -0.3 is 23.9 Å². The maximum absolute atomic E-state index is 12.3. The van der Waals surface area contributed by atoms with Crippen molar-refractivity contribution in [1.29, 1.82) is 0 Å². The van der Waals surface area contributed by atoms with Gasteiger partial charge in [-0.3, -0.25) is 14.5 Å². The van der Waals surface area contributed by atoms with Crippen molar-refractivity contribution in [1.82, 2.24) is 15.2 Å². The minimum Gasteiger partial charge on any atom is -0.497 e. The number of piperazine rings is 1. The Morgan fingerprint density at radius 2 is 2.10 bits per heavy atom. The number of benzene rings is 1. The van der Waals surface area contributed by atoms with E-state index in [0.717, 1.165) is 0 Å². The fourth-order valence-corrected chi connectivity index (χ4v) is 3.27. The number of carbonyl (C=O) groups excluding carboxylic acids is 2. The van der Waals surface area contributed by atoms with Crippen molar-refractivity contribution >= 4 is 11.9 Å². The molecule has 1 saturated heterocycles. The Morgan fingerprint density at radius 1 is 1.31 bits per heavy atom. The zero-order chi connectivity index (χ0) is 21.0. The van der Waals surface area contributed by atoms with E-state index in [0.29, 0.717) is 54.0 Å². The van der Waals surface area contributed by atoms with Crippen LogP contribution in [0.25, 0.3) is 11.5 Å². The Morgan fingerprint density at radius 3 is 2.79 bits per heavy atom. The predicted octanol–water partition coefficient (Wildman–Crippen LogP) is 1.53. The van der Waals surface area contributed by atoms with E-state index in [1.54, 1.807) is 26.4 Å². The predicted molar refractivity (Wildman–Crippen MR) is 104 cm³/mol. The quantitative estimate of drug-likeness (QED) is 0.695. The molecule has 0 bridgehead atoms. The van der Waals surface area contributed by atoms with Crippen molar-refractivity contribution in [3.63, 3.8) is 0 Å². The standard InChI is InChI=1S/C20H25N3O6/c1-12-15(11-23-8-7-21-19(25)16(23)10-18(24)28-4)22-20(29-12)14-6-5-13(26-2)9-17(14)27-3/h5-6,9,16H,7-8,10-11H2,1-4H3,(H,21,25)/t16-/m0/s1. The van der Waals surface area contributed by atoms with E-state index < -0.39 is 12.0 Å². The van der Waals surface area contributed by atoms with E-state index in [1.807, 2.05) is 17.9 Å². The molecule has 9 nitrogen and oxygen atoms in total.